The zero-order valence-electron chi connectivity index (χ0n) is 18.5. The number of hydrogen-bond acceptors (Lipinski definition) is 4. The summed E-state index contributed by atoms with van der Waals surface area (Å²) in [5.74, 6) is -1.00. The number of anilines is 2. The number of alkyl halides is 3. The standard InChI is InChI=1S/C25H23F4N3O2/c1-17-6-8-20(25(27,28)29)23(14-17)32(24(33)16-31-10-12-34-13-11-31)18-7-9-22(30-15-18)19-4-2-3-5-21(19)26/h2-9,14-15H,10-13,16H2,1H3. The zero-order valence-corrected chi connectivity index (χ0v) is 18.5. The summed E-state index contributed by atoms with van der Waals surface area (Å²) in [4.78, 5) is 20.5. The number of rotatable bonds is 5. The van der Waals surface area contributed by atoms with Crippen LogP contribution in [0.15, 0.2) is 60.8 Å². The van der Waals surface area contributed by atoms with E-state index in [1.165, 1.54) is 36.5 Å². The molecule has 1 saturated heterocycles. The van der Waals surface area contributed by atoms with E-state index in [-0.39, 0.29) is 23.5 Å². The normalized spacial score (nSPS) is 14.7. The fourth-order valence-electron chi connectivity index (χ4n) is 3.85. The van der Waals surface area contributed by atoms with Crippen molar-refractivity contribution >= 4 is 17.3 Å². The Morgan fingerprint density at radius 1 is 1.09 bits per heavy atom. The molecule has 2 aromatic carbocycles. The van der Waals surface area contributed by atoms with Gasteiger partial charge in [-0.2, -0.15) is 13.2 Å². The van der Waals surface area contributed by atoms with Gasteiger partial charge in [-0.1, -0.05) is 18.2 Å². The Labute approximate surface area is 194 Å². The summed E-state index contributed by atoms with van der Waals surface area (Å²) in [5, 5.41) is 0. The number of amides is 1. The number of carbonyl (C=O) groups excluding carboxylic acids is 1. The lowest BCUT2D eigenvalue weighted by molar-refractivity contribution is -0.137. The SMILES string of the molecule is Cc1ccc(C(F)(F)F)c(N(C(=O)CN2CCOCC2)c2ccc(-c3ccccc3F)nc2)c1. The molecule has 5 nitrogen and oxygen atoms in total. The summed E-state index contributed by atoms with van der Waals surface area (Å²) >= 11 is 0. The molecule has 1 aliphatic heterocycles. The molecule has 0 spiro atoms. The number of morpholine rings is 1. The first-order valence-corrected chi connectivity index (χ1v) is 10.8. The van der Waals surface area contributed by atoms with Crippen LogP contribution in [0, 0.1) is 12.7 Å². The summed E-state index contributed by atoms with van der Waals surface area (Å²) in [7, 11) is 0. The number of benzene rings is 2. The highest BCUT2D eigenvalue weighted by molar-refractivity contribution is 6.02. The summed E-state index contributed by atoms with van der Waals surface area (Å²) in [6, 6.07) is 12.7. The van der Waals surface area contributed by atoms with Gasteiger partial charge in [-0.05, 0) is 48.9 Å². The van der Waals surface area contributed by atoms with Crippen molar-refractivity contribution in [2.24, 2.45) is 0 Å². The highest BCUT2D eigenvalue weighted by Crippen LogP contribution is 2.40. The molecular weight excluding hydrogens is 450 g/mol. The van der Waals surface area contributed by atoms with Crippen LogP contribution in [0.4, 0.5) is 28.9 Å². The van der Waals surface area contributed by atoms with Gasteiger partial charge in [0.25, 0.3) is 0 Å². The first kappa shape index (κ1) is 23.8. The Balaban J connectivity index is 1.76. The van der Waals surface area contributed by atoms with Gasteiger partial charge < -0.3 is 4.74 Å². The molecule has 34 heavy (non-hydrogen) atoms. The van der Waals surface area contributed by atoms with Crippen molar-refractivity contribution in [2.75, 3.05) is 37.7 Å². The quantitative estimate of drug-likeness (QED) is 0.477. The topological polar surface area (TPSA) is 45.7 Å². The van der Waals surface area contributed by atoms with Crippen LogP contribution in [0.1, 0.15) is 11.1 Å². The van der Waals surface area contributed by atoms with Crippen LogP contribution in [0.25, 0.3) is 11.3 Å². The maximum absolute atomic E-state index is 14.2. The third-order valence-electron chi connectivity index (χ3n) is 5.57. The van der Waals surface area contributed by atoms with Crippen LogP contribution >= 0.6 is 0 Å². The maximum atomic E-state index is 14.2. The van der Waals surface area contributed by atoms with E-state index in [1.807, 2.05) is 4.90 Å². The van der Waals surface area contributed by atoms with E-state index in [4.69, 9.17) is 4.74 Å². The van der Waals surface area contributed by atoms with E-state index >= 15 is 0 Å². The van der Waals surface area contributed by atoms with Gasteiger partial charge >= 0.3 is 6.18 Å². The van der Waals surface area contributed by atoms with Gasteiger partial charge in [0.1, 0.15) is 5.82 Å². The number of aromatic nitrogens is 1. The lowest BCUT2D eigenvalue weighted by Gasteiger charge is -2.31. The Hall–Kier alpha value is -3.30. The number of pyridine rings is 1. The van der Waals surface area contributed by atoms with E-state index in [1.54, 1.807) is 25.1 Å². The van der Waals surface area contributed by atoms with Gasteiger partial charge in [-0.15, -0.1) is 0 Å². The predicted molar refractivity (Wildman–Crippen MR) is 120 cm³/mol. The number of hydrogen-bond donors (Lipinski definition) is 0. The second kappa shape index (κ2) is 9.90. The summed E-state index contributed by atoms with van der Waals surface area (Å²) in [5.41, 5.74) is 0.102. The Kier molecular flexibility index (Phi) is 6.95. The van der Waals surface area contributed by atoms with Crippen molar-refractivity contribution in [3.8, 4) is 11.3 Å². The lowest BCUT2D eigenvalue weighted by atomic mass is 10.1. The molecule has 1 amide bonds. The van der Waals surface area contributed by atoms with Crippen molar-refractivity contribution in [1.29, 1.82) is 0 Å². The van der Waals surface area contributed by atoms with Gasteiger partial charge in [-0.3, -0.25) is 19.6 Å². The minimum Gasteiger partial charge on any atom is -0.379 e. The first-order chi connectivity index (χ1) is 16.2. The van der Waals surface area contributed by atoms with Crippen molar-refractivity contribution in [2.45, 2.75) is 13.1 Å². The highest BCUT2D eigenvalue weighted by atomic mass is 19.4. The second-order valence-corrected chi connectivity index (χ2v) is 8.02. The molecule has 1 fully saturated rings. The minimum atomic E-state index is -4.67. The molecule has 178 valence electrons. The molecule has 1 aromatic heterocycles. The van der Waals surface area contributed by atoms with E-state index < -0.39 is 23.5 Å². The van der Waals surface area contributed by atoms with Gasteiger partial charge in [0.05, 0.1) is 48.6 Å². The molecule has 2 heterocycles. The van der Waals surface area contributed by atoms with E-state index in [2.05, 4.69) is 4.98 Å². The van der Waals surface area contributed by atoms with Gasteiger partial charge in [0.15, 0.2) is 0 Å². The number of ether oxygens (including phenoxy) is 1. The number of carbonyl (C=O) groups is 1. The van der Waals surface area contributed by atoms with Crippen molar-refractivity contribution in [3.05, 3.63) is 77.7 Å². The molecule has 1 aliphatic rings. The Bertz CT molecular complexity index is 1160. The fourth-order valence-corrected chi connectivity index (χ4v) is 3.85. The average molecular weight is 473 g/mol. The number of aryl methyl sites for hydroxylation is 1. The average Bonchev–Trinajstić information content (AvgIpc) is 2.80. The smallest absolute Gasteiger partial charge is 0.379 e. The monoisotopic (exact) mass is 473 g/mol. The largest absolute Gasteiger partial charge is 0.418 e. The molecule has 0 aliphatic carbocycles. The Morgan fingerprint density at radius 2 is 1.82 bits per heavy atom. The Morgan fingerprint density at radius 3 is 2.47 bits per heavy atom. The fraction of sp³-hybridized carbons (Fsp3) is 0.280. The van der Waals surface area contributed by atoms with Gasteiger partial charge in [0.2, 0.25) is 5.91 Å². The zero-order chi connectivity index (χ0) is 24.3. The van der Waals surface area contributed by atoms with E-state index in [9.17, 15) is 22.4 Å². The van der Waals surface area contributed by atoms with Crippen LogP contribution in [0.5, 0.6) is 0 Å². The molecule has 0 atom stereocenters. The molecule has 0 saturated carbocycles. The summed E-state index contributed by atoms with van der Waals surface area (Å²) in [6.45, 7) is 3.49. The third kappa shape index (κ3) is 5.26. The van der Waals surface area contributed by atoms with E-state index in [0.717, 1.165) is 11.0 Å². The third-order valence-corrected chi connectivity index (χ3v) is 5.57. The second-order valence-electron chi connectivity index (χ2n) is 8.02. The maximum Gasteiger partial charge on any atom is 0.418 e. The molecule has 3 aromatic rings. The minimum absolute atomic E-state index is 0.0797. The van der Waals surface area contributed by atoms with Gasteiger partial charge in [-0.25, -0.2) is 4.39 Å². The number of nitrogens with zero attached hydrogens (tertiary/aromatic N) is 3. The van der Waals surface area contributed by atoms with Crippen LogP contribution < -0.4 is 4.90 Å². The molecule has 0 unspecified atom stereocenters. The van der Waals surface area contributed by atoms with Crippen LogP contribution in [0.3, 0.4) is 0 Å². The van der Waals surface area contributed by atoms with Crippen molar-refractivity contribution in [1.82, 2.24) is 9.88 Å². The molecule has 0 radical (unpaired) electrons. The molecule has 9 heteroatoms. The molecular formula is C25H23F4N3O2. The van der Waals surface area contributed by atoms with Crippen molar-refractivity contribution in [3.63, 3.8) is 0 Å². The van der Waals surface area contributed by atoms with Crippen molar-refractivity contribution < 1.29 is 27.1 Å². The summed E-state index contributed by atoms with van der Waals surface area (Å²) in [6.07, 6.45) is -3.37. The highest BCUT2D eigenvalue weighted by Gasteiger charge is 2.37. The molecule has 4 rings (SSSR count). The lowest BCUT2D eigenvalue weighted by Crippen LogP contribution is -2.44. The first-order valence-electron chi connectivity index (χ1n) is 10.8. The van der Waals surface area contributed by atoms with Crippen LogP contribution in [0.2, 0.25) is 0 Å². The summed E-state index contributed by atoms with van der Waals surface area (Å²) < 4.78 is 61.1. The van der Waals surface area contributed by atoms with E-state index in [0.29, 0.717) is 37.6 Å². The predicted octanol–water partition coefficient (Wildman–Crippen LogP) is 5.21. The van der Waals surface area contributed by atoms with Gasteiger partial charge in [0, 0.05) is 18.7 Å². The molecule has 0 bridgehead atoms. The van der Waals surface area contributed by atoms with Crippen LogP contribution in [-0.2, 0) is 15.7 Å². The molecule has 0 N–H and O–H groups in total. The number of halogens is 4. The van der Waals surface area contributed by atoms with Crippen LogP contribution in [-0.4, -0.2) is 48.6 Å².